The fraction of sp³-hybridized carbons (Fsp3) is 0.571. The van der Waals surface area contributed by atoms with Gasteiger partial charge in [0.15, 0.2) is 0 Å². The third-order valence-corrected chi connectivity index (χ3v) is 3.67. The van der Waals surface area contributed by atoms with Crippen molar-refractivity contribution in [2.24, 2.45) is 0 Å². The van der Waals surface area contributed by atoms with Crippen LogP contribution < -0.4 is 0 Å². The van der Waals surface area contributed by atoms with Gasteiger partial charge in [-0.3, -0.25) is 15.0 Å². The Morgan fingerprint density at radius 1 is 1.48 bits per heavy atom. The fourth-order valence-corrected chi connectivity index (χ4v) is 2.62. The highest BCUT2D eigenvalue weighted by atomic mass is 19.1. The lowest BCUT2D eigenvalue weighted by atomic mass is 9.94. The molecule has 0 radical (unpaired) electrons. The zero-order chi connectivity index (χ0) is 15.5. The van der Waals surface area contributed by atoms with Gasteiger partial charge in [0.05, 0.1) is 10.5 Å². The quantitative estimate of drug-likeness (QED) is 0.661. The van der Waals surface area contributed by atoms with E-state index in [2.05, 4.69) is 0 Å². The first-order valence-electron chi connectivity index (χ1n) is 6.81. The van der Waals surface area contributed by atoms with Crippen molar-refractivity contribution < 1.29 is 19.2 Å². The highest BCUT2D eigenvalue weighted by molar-refractivity contribution is 5.40. The van der Waals surface area contributed by atoms with Crippen LogP contribution >= 0.6 is 0 Å². The van der Waals surface area contributed by atoms with Gasteiger partial charge in [-0.25, -0.2) is 4.39 Å². The third-order valence-electron chi connectivity index (χ3n) is 3.67. The van der Waals surface area contributed by atoms with Crippen LogP contribution in [0.2, 0.25) is 0 Å². The summed E-state index contributed by atoms with van der Waals surface area (Å²) in [5, 5.41) is 21.4. The van der Waals surface area contributed by atoms with Crippen molar-refractivity contribution in [2.45, 2.75) is 25.0 Å². The molecule has 1 saturated heterocycles. The number of hydrogen-bond acceptors (Lipinski definition) is 5. The van der Waals surface area contributed by atoms with Gasteiger partial charge in [-0.1, -0.05) is 0 Å². The molecule has 0 amide bonds. The average molecular weight is 298 g/mol. The molecule has 0 spiro atoms. The SMILES string of the molecule is CN(Cc1cc(F)ccc1[N+](=O)[O-])CC1(O)CCOCC1. The average Bonchev–Trinajstić information content (AvgIpc) is 2.38. The van der Waals surface area contributed by atoms with Gasteiger partial charge in [0.2, 0.25) is 0 Å². The van der Waals surface area contributed by atoms with E-state index in [0.717, 1.165) is 6.07 Å². The molecule has 7 heteroatoms. The second kappa shape index (κ2) is 6.46. The highest BCUT2D eigenvalue weighted by Gasteiger charge is 2.31. The first-order valence-corrected chi connectivity index (χ1v) is 6.81. The number of nitro groups is 1. The van der Waals surface area contributed by atoms with Crippen LogP contribution in [-0.4, -0.2) is 47.3 Å². The van der Waals surface area contributed by atoms with E-state index >= 15 is 0 Å². The molecule has 21 heavy (non-hydrogen) atoms. The van der Waals surface area contributed by atoms with E-state index in [0.29, 0.717) is 38.2 Å². The predicted molar refractivity (Wildman–Crippen MR) is 74.4 cm³/mol. The molecular formula is C14H19FN2O4. The molecule has 0 atom stereocenters. The lowest BCUT2D eigenvalue weighted by Crippen LogP contribution is -2.45. The standard InChI is InChI=1S/C14H19FN2O4/c1-16(10-14(18)4-6-21-7-5-14)9-11-8-12(15)2-3-13(11)17(19)20/h2-3,8,18H,4-7,9-10H2,1H3. The zero-order valence-corrected chi connectivity index (χ0v) is 11.9. The molecule has 6 nitrogen and oxygen atoms in total. The summed E-state index contributed by atoms with van der Waals surface area (Å²) < 4.78 is 18.5. The molecule has 0 aromatic heterocycles. The van der Waals surface area contributed by atoms with Gasteiger partial charge >= 0.3 is 0 Å². The van der Waals surface area contributed by atoms with Crippen LogP contribution in [0.3, 0.4) is 0 Å². The first-order chi connectivity index (χ1) is 9.89. The van der Waals surface area contributed by atoms with Gasteiger partial charge in [-0.05, 0) is 19.2 Å². The molecule has 0 bridgehead atoms. The Morgan fingerprint density at radius 3 is 2.76 bits per heavy atom. The summed E-state index contributed by atoms with van der Waals surface area (Å²) in [7, 11) is 1.75. The maximum Gasteiger partial charge on any atom is 0.274 e. The summed E-state index contributed by atoms with van der Waals surface area (Å²) in [5.41, 5.74) is -0.657. The molecule has 1 aliphatic heterocycles. The predicted octanol–water partition coefficient (Wildman–Crippen LogP) is 1.71. The topological polar surface area (TPSA) is 75.8 Å². The third kappa shape index (κ3) is 4.20. The molecule has 1 aliphatic rings. The van der Waals surface area contributed by atoms with Gasteiger partial charge in [-0.15, -0.1) is 0 Å². The van der Waals surface area contributed by atoms with E-state index in [1.807, 2.05) is 0 Å². The normalized spacial score (nSPS) is 17.9. The first kappa shape index (κ1) is 15.8. The number of rotatable bonds is 5. The summed E-state index contributed by atoms with van der Waals surface area (Å²) in [4.78, 5) is 12.2. The Labute approximate surface area is 122 Å². The number of benzene rings is 1. The largest absolute Gasteiger partial charge is 0.388 e. The fourth-order valence-electron chi connectivity index (χ4n) is 2.62. The number of nitrogens with zero attached hydrogens (tertiary/aromatic N) is 2. The number of ether oxygens (including phenoxy) is 1. The zero-order valence-electron chi connectivity index (χ0n) is 11.9. The van der Waals surface area contributed by atoms with Gasteiger partial charge < -0.3 is 9.84 Å². The van der Waals surface area contributed by atoms with E-state index in [1.165, 1.54) is 12.1 Å². The summed E-state index contributed by atoms with van der Waals surface area (Å²) in [6.45, 7) is 1.58. The molecule has 0 unspecified atom stereocenters. The van der Waals surface area contributed by atoms with Crippen molar-refractivity contribution in [3.05, 3.63) is 39.7 Å². The van der Waals surface area contributed by atoms with Crippen molar-refractivity contribution in [1.82, 2.24) is 4.90 Å². The molecule has 116 valence electrons. The number of aliphatic hydroxyl groups is 1. The Morgan fingerprint density at radius 2 is 2.14 bits per heavy atom. The number of hydrogen-bond donors (Lipinski definition) is 1. The molecule has 1 heterocycles. The lowest BCUT2D eigenvalue weighted by Gasteiger charge is -2.35. The van der Waals surface area contributed by atoms with Crippen LogP contribution in [0.5, 0.6) is 0 Å². The molecule has 2 rings (SSSR count). The molecule has 0 aliphatic carbocycles. The number of halogens is 1. The molecule has 1 N–H and O–H groups in total. The Hall–Kier alpha value is -1.57. The molecule has 0 saturated carbocycles. The second-order valence-electron chi connectivity index (χ2n) is 5.54. The molecule has 1 aromatic carbocycles. The summed E-state index contributed by atoms with van der Waals surface area (Å²) in [5.74, 6) is -0.506. The van der Waals surface area contributed by atoms with E-state index in [-0.39, 0.29) is 12.2 Å². The van der Waals surface area contributed by atoms with Crippen molar-refractivity contribution in [3.8, 4) is 0 Å². The summed E-state index contributed by atoms with van der Waals surface area (Å²) in [6, 6.07) is 3.41. The van der Waals surface area contributed by atoms with Crippen LogP contribution in [0, 0.1) is 15.9 Å². The van der Waals surface area contributed by atoms with Crippen LogP contribution in [0.15, 0.2) is 18.2 Å². The van der Waals surface area contributed by atoms with Crippen LogP contribution in [0.25, 0.3) is 0 Å². The Bertz CT molecular complexity index is 518. The molecule has 1 aromatic rings. The Balaban J connectivity index is 2.06. The van der Waals surface area contributed by atoms with Gasteiger partial charge in [-0.2, -0.15) is 0 Å². The van der Waals surface area contributed by atoms with Gasteiger partial charge in [0.25, 0.3) is 5.69 Å². The lowest BCUT2D eigenvalue weighted by molar-refractivity contribution is -0.385. The van der Waals surface area contributed by atoms with Crippen molar-refractivity contribution in [2.75, 3.05) is 26.8 Å². The maximum absolute atomic E-state index is 13.3. The second-order valence-corrected chi connectivity index (χ2v) is 5.54. The Kier molecular flexibility index (Phi) is 4.87. The minimum absolute atomic E-state index is 0.109. The minimum Gasteiger partial charge on any atom is -0.388 e. The van der Waals surface area contributed by atoms with E-state index in [1.54, 1.807) is 11.9 Å². The van der Waals surface area contributed by atoms with Gasteiger partial charge in [0, 0.05) is 50.8 Å². The summed E-state index contributed by atoms with van der Waals surface area (Å²) in [6.07, 6.45) is 1.06. The van der Waals surface area contributed by atoms with Crippen molar-refractivity contribution in [1.29, 1.82) is 0 Å². The van der Waals surface area contributed by atoms with Crippen molar-refractivity contribution >= 4 is 5.69 Å². The summed E-state index contributed by atoms with van der Waals surface area (Å²) >= 11 is 0. The molecule has 1 fully saturated rings. The maximum atomic E-state index is 13.3. The van der Waals surface area contributed by atoms with Crippen LogP contribution in [0.1, 0.15) is 18.4 Å². The van der Waals surface area contributed by atoms with Crippen LogP contribution in [0.4, 0.5) is 10.1 Å². The smallest absolute Gasteiger partial charge is 0.274 e. The van der Waals surface area contributed by atoms with E-state index in [9.17, 15) is 19.6 Å². The highest BCUT2D eigenvalue weighted by Crippen LogP contribution is 2.24. The monoisotopic (exact) mass is 298 g/mol. The van der Waals surface area contributed by atoms with E-state index in [4.69, 9.17) is 4.74 Å². The van der Waals surface area contributed by atoms with Crippen LogP contribution in [-0.2, 0) is 11.3 Å². The number of nitro benzene ring substituents is 1. The van der Waals surface area contributed by atoms with Crippen molar-refractivity contribution in [3.63, 3.8) is 0 Å². The van der Waals surface area contributed by atoms with Gasteiger partial charge in [0.1, 0.15) is 5.82 Å². The minimum atomic E-state index is -0.852. The number of likely N-dealkylation sites (N-methyl/N-ethyl adjacent to an activating group) is 1. The molecular weight excluding hydrogens is 279 g/mol. The van der Waals surface area contributed by atoms with E-state index < -0.39 is 16.3 Å².